The Morgan fingerprint density at radius 2 is 1.69 bits per heavy atom. The Morgan fingerprint density at radius 1 is 0.923 bits per heavy atom. The maximum Gasteiger partial charge on any atom is 0.340 e. The maximum atomic E-state index is 13.2. The molecule has 2 N–H and O–H groups in total. The van der Waals surface area contributed by atoms with Crippen molar-refractivity contribution in [3.8, 4) is 0 Å². The van der Waals surface area contributed by atoms with Crippen molar-refractivity contribution in [2.75, 3.05) is 22.1 Å². The van der Waals surface area contributed by atoms with Crippen molar-refractivity contribution < 1.29 is 23.9 Å². The summed E-state index contributed by atoms with van der Waals surface area (Å²) in [5.41, 5.74) is 3.49. The fourth-order valence-corrected chi connectivity index (χ4v) is 4.16. The number of amides is 3. The first kappa shape index (κ1) is 27.6. The van der Waals surface area contributed by atoms with Gasteiger partial charge in [-0.15, -0.1) is 0 Å². The average Bonchev–Trinajstić information content (AvgIpc) is 3.13. The molecule has 4 rings (SSSR count). The van der Waals surface area contributed by atoms with Crippen LogP contribution in [0.3, 0.4) is 0 Å². The van der Waals surface area contributed by atoms with Gasteiger partial charge in [0.2, 0.25) is 0 Å². The lowest BCUT2D eigenvalue weighted by Crippen LogP contribution is -2.32. The minimum absolute atomic E-state index is 0.0855. The summed E-state index contributed by atoms with van der Waals surface area (Å²) >= 11 is 6.27. The lowest BCUT2D eigenvalue weighted by Gasteiger charge is -2.16. The largest absolute Gasteiger partial charge is 0.462 e. The number of carbonyl (C=O) groups is 4. The monoisotopic (exact) mass is 545 g/mol. The molecule has 200 valence electrons. The number of hydrogen-bond donors (Lipinski definition) is 2. The van der Waals surface area contributed by atoms with Gasteiger partial charge in [-0.1, -0.05) is 49.2 Å². The van der Waals surface area contributed by atoms with Gasteiger partial charge in [0.25, 0.3) is 17.7 Å². The van der Waals surface area contributed by atoms with Crippen LogP contribution in [0.15, 0.2) is 77.5 Å². The number of unbranched alkanes of at least 4 members (excludes halogenated alkanes) is 1. The molecule has 8 nitrogen and oxygen atoms in total. The van der Waals surface area contributed by atoms with Gasteiger partial charge < -0.3 is 15.4 Å². The Balaban J connectivity index is 1.51. The van der Waals surface area contributed by atoms with E-state index in [4.69, 9.17) is 16.3 Å². The zero-order valence-electron chi connectivity index (χ0n) is 21.8. The Morgan fingerprint density at radius 3 is 2.44 bits per heavy atom. The summed E-state index contributed by atoms with van der Waals surface area (Å²) in [5, 5.41) is 5.40. The number of halogens is 1. The van der Waals surface area contributed by atoms with Crippen molar-refractivity contribution in [3.05, 3.63) is 99.7 Å². The van der Waals surface area contributed by atoms with Gasteiger partial charge in [-0.2, -0.15) is 0 Å². The molecule has 3 aromatic carbocycles. The van der Waals surface area contributed by atoms with E-state index in [0.717, 1.165) is 28.9 Å². The SMILES string of the molecule is CCCCOC(=O)c1ccccc1NC(=O)c1cccc(NC2=C(Cl)C(=O)N(c3ccc(C)c(C)c3)C2=O)c1. The molecule has 0 radical (unpaired) electrons. The van der Waals surface area contributed by atoms with Crippen LogP contribution in [0.2, 0.25) is 0 Å². The zero-order chi connectivity index (χ0) is 28.1. The van der Waals surface area contributed by atoms with Crippen LogP contribution in [0.5, 0.6) is 0 Å². The summed E-state index contributed by atoms with van der Waals surface area (Å²) in [6.45, 7) is 6.12. The molecule has 9 heteroatoms. The van der Waals surface area contributed by atoms with Crippen LogP contribution in [-0.4, -0.2) is 30.3 Å². The molecular formula is C30H28ClN3O5. The standard InChI is InChI=1S/C30H28ClN3O5/c1-4-5-15-39-30(38)23-11-6-7-12-24(23)33-27(35)20-9-8-10-21(17-20)32-26-25(31)28(36)34(29(26)37)22-14-13-18(2)19(3)16-22/h6-14,16-17,32H,4-5,15H2,1-3H3,(H,33,35). The number of para-hydroxylation sites is 1. The third-order valence-electron chi connectivity index (χ3n) is 6.30. The van der Waals surface area contributed by atoms with Gasteiger partial charge in [0.15, 0.2) is 0 Å². The van der Waals surface area contributed by atoms with Crippen LogP contribution in [0.25, 0.3) is 0 Å². The van der Waals surface area contributed by atoms with E-state index < -0.39 is 23.7 Å². The van der Waals surface area contributed by atoms with Gasteiger partial charge in [-0.3, -0.25) is 14.4 Å². The van der Waals surface area contributed by atoms with Gasteiger partial charge in [0.1, 0.15) is 10.7 Å². The molecule has 0 spiro atoms. The lowest BCUT2D eigenvalue weighted by atomic mass is 10.1. The number of esters is 1. The van der Waals surface area contributed by atoms with E-state index in [0.29, 0.717) is 23.7 Å². The van der Waals surface area contributed by atoms with Crippen LogP contribution in [0, 0.1) is 13.8 Å². The van der Waals surface area contributed by atoms with E-state index in [1.165, 1.54) is 6.07 Å². The molecule has 0 fully saturated rings. The Labute approximate surface area is 231 Å². The van der Waals surface area contributed by atoms with Crippen molar-refractivity contribution in [1.29, 1.82) is 0 Å². The molecule has 0 aromatic heterocycles. The highest BCUT2D eigenvalue weighted by molar-refractivity contribution is 6.53. The number of aryl methyl sites for hydroxylation is 2. The topological polar surface area (TPSA) is 105 Å². The second-order valence-electron chi connectivity index (χ2n) is 9.10. The highest BCUT2D eigenvalue weighted by Gasteiger charge is 2.39. The van der Waals surface area contributed by atoms with Crippen molar-refractivity contribution in [1.82, 2.24) is 0 Å². The minimum atomic E-state index is -0.635. The van der Waals surface area contributed by atoms with Gasteiger partial charge in [0, 0.05) is 11.3 Å². The van der Waals surface area contributed by atoms with E-state index in [1.807, 2.05) is 26.8 Å². The molecule has 0 saturated carbocycles. The molecule has 1 aliphatic rings. The number of nitrogens with one attached hydrogen (secondary N) is 2. The number of imide groups is 1. The normalized spacial score (nSPS) is 13.1. The van der Waals surface area contributed by atoms with Crippen molar-refractivity contribution >= 4 is 52.4 Å². The van der Waals surface area contributed by atoms with Crippen molar-refractivity contribution in [2.45, 2.75) is 33.6 Å². The summed E-state index contributed by atoms with van der Waals surface area (Å²) in [7, 11) is 0. The first-order chi connectivity index (χ1) is 18.7. The summed E-state index contributed by atoms with van der Waals surface area (Å²) < 4.78 is 5.29. The molecule has 1 heterocycles. The summed E-state index contributed by atoms with van der Waals surface area (Å²) in [5.74, 6) is -2.23. The first-order valence-corrected chi connectivity index (χ1v) is 12.9. The molecule has 1 aliphatic heterocycles. The Kier molecular flexibility index (Phi) is 8.46. The third-order valence-corrected chi connectivity index (χ3v) is 6.65. The highest BCUT2D eigenvalue weighted by Crippen LogP contribution is 2.31. The maximum absolute atomic E-state index is 13.2. The van der Waals surface area contributed by atoms with Crippen LogP contribution in [0.1, 0.15) is 51.6 Å². The molecule has 39 heavy (non-hydrogen) atoms. The fraction of sp³-hybridized carbons (Fsp3) is 0.200. The van der Waals surface area contributed by atoms with Gasteiger partial charge in [0.05, 0.1) is 23.5 Å². The molecular weight excluding hydrogens is 518 g/mol. The zero-order valence-corrected chi connectivity index (χ0v) is 22.6. The number of anilines is 3. The van der Waals surface area contributed by atoms with Gasteiger partial charge in [-0.05, 0) is 73.9 Å². The first-order valence-electron chi connectivity index (χ1n) is 12.5. The van der Waals surface area contributed by atoms with E-state index >= 15 is 0 Å². The molecule has 0 bridgehead atoms. The second-order valence-corrected chi connectivity index (χ2v) is 9.48. The lowest BCUT2D eigenvalue weighted by molar-refractivity contribution is -0.120. The second kappa shape index (κ2) is 12.0. The van der Waals surface area contributed by atoms with Crippen LogP contribution in [0.4, 0.5) is 17.1 Å². The van der Waals surface area contributed by atoms with Crippen LogP contribution < -0.4 is 15.5 Å². The van der Waals surface area contributed by atoms with Gasteiger partial charge >= 0.3 is 5.97 Å². The Hall–Kier alpha value is -4.43. The molecule has 0 saturated heterocycles. The van der Waals surface area contributed by atoms with Crippen LogP contribution >= 0.6 is 11.6 Å². The number of ether oxygens (including phenoxy) is 1. The molecule has 3 amide bonds. The molecule has 3 aromatic rings. The van der Waals surface area contributed by atoms with E-state index in [-0.39, 0.29) is 21.9 Å². The Bertz CT molecular complexity index is 1500. The average molecular weight is 546 g/mol. The quantitative estimate of drug-likeness (QED) is 0.196. The smallest absolute Gasteiger partial charge is 0.340 e. The number of benzene rings is 3. The van der Waals surface area contributed by atoms with Crippen molar-refractivity contribution in [2.24, 2.45) is 0 Å². The number of carbonyl (C=O) groups excluding carboxylic acids is 4. The van der Waals surface area contributed by atoms with Gasteiger partial charge in [-0.25, -0.2) is 9.69 Å². The highest BCUT2D eigenvalue weighted by atomic mass is 35.5. The minimum Gasteiger partial charge on any atom is -0.462 e. The van der Waals surface area contributed by atoms with Crippen molar-refractivity contribution in [3.63, 3.8) is 0 Å². The predicted molar refractivity (Wildman–Crippen MR) is 151 cm³/mol. The third kappa shape index (κ3) is 6.02. The van der Waals surface area contributed by atoms with E-state index in [1.54, 1.807) is 54.6 Å². The molecule has 0 unspecified atom stereocenters. The predicted octanol–water partition coefficient (Wildman–Crippen LogP) is 5.95. The fourth-order valence-electron chi connectivity index (χ4n) is 3.94. The van der Waals surface area contributed by atoms with Crippen LogP contribution in [-0.2, 0) is 14.3 Å². The number of nitrogens with zero attached hydrogens (tertiary/aromatic N) is 1. The van der Waals surface area contributed by atoms with E-state index in [2.05, 4.69) is 10.6 Å². The summed E-state index contributed by atoms with van der Waals surface area (Å²) in [6.07, 6.45) is 1.64. The summed E-state index contributed by atoms with van der Waals surface area (Å²) in [4.78, 5) is 52.6. The number of hydrogen-bond acceptors (Lipinski definition) is 6. The molecule has 0 aliphatic carbocycles. The summed E-state index contributed by atoms with van der Waals surface area (Å²) in [6, 6.07) is 18.2. The van der Waals surface area contributed by atoms with E-state index in [9.17, 15) is 19.2 Å². The number of rotatable bonds is 9. The molecule has 0 atom stereocenters.